The van der Waals surface area contributed by atoms with Crippen LogP contribution in [0.15, 0.2) is 24.3 Å². The van der Waals surface area contributed by atoms with E-state index in [1.54, 1.807) is 0 Å². The molecule has 338 valence electrons. The van der Waals surface area contributed by atoms with E-state index in [1.165, 1.54) is 0 Å². The Bertz CT molecular complexity index is 1820. The second-order valence-electron chi connectivity index (χ2n) is 15.2. The second-order valence-corrected chi connectivity index (χ2v) is 15.2. The van der Waals surface area contributed by atoms with Crippen LogP contribution >= 0.6 is 0 Å². The lowest BCUT2D eigenvalue weighted by molar-refractivity contribution is -0.149. The highest BCUT2D eigenvalue weighted by Crippen LogP contribution is 2.26. The first kappa shape index (κ1) is 48.1. The van der Waals surface area contributed by atoms with Crippen LogP contribution < -0.4 is 32.3 Å². The number of hydrogen-bond donors (Lipinski definition) is 15. The summed E-state index contributed by atoms with van der Waals surface area (Å²) in [5.41, 5.74) is 5.14. The van der Waals surface area contributed by atoms with Gasteiger partial charge in [-0.2, -0.15) is 0 Å². The van der Waals surface area contributed by atoms with Gasteiger partial charge in [0.05, 0.1) is 30.8 Å². The number of aromatic hydroxyl groups is 1. The lowest BCUT2D eigenvalue weighted by Crippen LogP contribution is -2.64. The first-order valence-corrected chi connectivity index (χ1v) is 19.1. The molecular formula is C36H52N8O17. The number of carbonyl (C=O) groups excluding carboxylic acids is 8. The third-order valence-corrected chi connectivity index (χ3v) is 10.5. The third-order valence-electron chi connectivity index (χ3n) is 10.5. The van der Waals surface area contributed by atoms with Crippen molar-refractivity contribution in [1.82, 2.24) is 36.4 Å². The molecule has 1 aromatic rings. The molecule has 61 heavy (non-hydrogen) atoms. The van der Waals surface area contributed by atoms with E-state index in [-0.39, 0.29) is 17.7 Å². The molecule has 3 heterocycles. The van der Waals surface area contributed by atoms with Crippen LogP contribution in [0.25, 0.3) is 0 Å². The van der Waals surface area contributed by atoms with Gasteiger partial charge in [0, 0.05) is 32.9 Å². The van der Waals surface area contributed by atoms with Crippen LogP contribution in [0.3, 0.4) is 0 Å². The number of fused-ring (bicyclic) bond motifs is 2. The van der Waals surface area contributed by atoms with Crippen molar-refractivity contribution in [2.24, 2.45) is 5.73 Å². The van der Waals surface area contributed by atoms with E-state index in [0.717, 1.165) is 43.0 Å². The van der Waals surface area contributed by atoms with E-state index < -0.39 is 165 Å². The Balaban J connectivity index is 1.86. The Kier molecular flexibility index (Phi) is 16.1. The average Bonchev–Trinajstić information content (AvgIpc) is 3.78. The summed E-state index contributed by atoms with van der Waals surface area (Å²) in [4.78, 5) is 109. The van der Waals surface area contributed by atoms with Crippen molar-refractivity contribution in [2.45, 2.75) is 125 Å². The molecule has 3 aliphatic rings. The molecule has 0 radical (unpaired) electrons. The molecule has 25 heteroatoms. The van der Waals surface area contributed by atoms with Crippen LogP contribution in [-0.4, -0.2) is 195 Å². The van der Waals surface area contributed by atoms with Crippen molar-refractivity contribution >= 4 is 47.3 Å². The molecule has 3 aliphatic heterocycles. The molecule has 0 unspecified atom stereocenters. The van der Waals surface area contributed by atoms with Gasteiger partial charge in [0.25, 0.3) is 0 Å². The zero-order chi connectivity index (χ0) is 45.6. The van der Waals surface area contributed by atoms with Crippen LogP contribution in [0.1, 0.15) is 51.2 Å². The fourth-order valence-electron chi connectivity index (χ4n) is 7.32. The van der Waals surface area contributed by atoms with Gasteiger partial charge in [-0.1, -0.05) is 12.1 Å². The third kappa shape index (κ3) is 11.6. The summed E-state index contributed by atoms with van der Waals surface area (Å²) >= 11 is 0. The fraction of sp³-hybridized carbons (Fsp3) is 0.611. The number of aliphatic hydroxyl groups excluding tert-OH is 8. The largest absolute Gasteiger partial charge is 0.508 e. The van der Waals surface area contributed by atoms with Crippen molar-refractivity contribution < 1.29 is 84.3 Å². The molecule has 3 fully saturated rings. The number of primary amides is 1. The number of hydrogen-bond acceptors (Lipinski definition) is 17. The molecule has 3 saturated heterocycles. The van der Waals surface area contributed by atoms with Crippen molar-refractivity contribution in [3.63, 3.8) is 0 Å². The number of amides is 8. The van der Waals surface area contributed by atoms with Gasteiger partial charge in [-0.3, -0.25) is 38.4 Å². The van der Waals surface area contributed by atoms with E-state index in [2.05, 4.69) is 21.3 Å². The standard InChI is InChI=1S/C36H52N8O17/c1-13(45)24-35(60)44-12-17(48)9-19(44)31(56)41-26(29(54)28(53)15-3-5-16(47)6-4-15)33(58)40-25(21(50)11-23(37)52)36(61)43-8-7-20(49)27(43)34(59)42-32(57)22(51)10-18(30(55)39-24)38-14(2)46/h3-6,13,17-22,24-29,32,45,47-51,53-54,57H,7-12H2,1-2H3,(H2,37,52)(H,38,46)(H,39,55)(H,40,58)(H,41,56)(H,42,59)/t13-,17-,18+,19+,20+,21-,22-,24+,25+,26+,27+,28+,29+,32-/m1/s1. The summed E-state index contributed by atoms with van der Waals surface area (Å²) in [6.07, 6.45) is -18.5. The maximum Gasteiger partial charge on any atom is 0.248 e. The van der Waals surface area contributed by atoms with Crippen LogP contribution in [-0.2, 0) is 38.4 Å². The first-order chi connectivity index (χ1) is 28.5. The van der Waals surface area contributed by atoms with E-state index in [4.69, 9.17) is 5.73 Å². The lowest BCUT2D eigenvalue weighted by Gasteiger charge is -2.34. The molecule has 0 spiro atoms. The minimum Gasteiger partial charge on any atom is -0.508 e. The van der Waals surface area contributed by atoms with Crippen LogP contribution in [0, 0.1) is 0 Å². The minimum absolute atomic E-state index is 0.121. The molecule has 16 N–H and O–H groups in total. The summed E-state index contributed by atoms with van der Waals surface area (Å²) < 4.78 is 0. The molecule has 0 bridgehead atoms. The summed E-state index contributed by atoms with van der Waals surface area (Å²) in [5.74, 6) is -10.2. The van der Waals surface area contributed by atoms with Crippen molar-refractivity contribution in [1.29, 1.82) is 0 Å². The molecular weight excluding hydrogens is 816 g/mol. The Morgan fingerprint density at radius 2 is 1.38 bits per heavy atom. The van der Waals surface area contributed by atoms with E-state index >= 15 is 0 Å². The van der Waals surface area contributed by atoms with Gasteiger partial charge in [-0.05, 0) is 31.0 Å². The number of phenolic OH excluding ortho intramolecular Hbond substituents is 1. The molecule has 25 nitrogen and oxygen atoms in total. The molecule has 0 saturated carbocycles. The monoisotopic (exact) mass is 868 g/mol. The molecule has 0 aliphatic carbocycles. The molecule has 0 aromatic heterocycles. The van der Waals surface area contributed by atoms with Crippen LogP contribution in [0.4, 0.5) is 0 Å². The number of carbonyl (C=O) groups is 8. The smallest absolute Gasteiger partial charge is 0.248 e. The number of aliphatic hydroxyl groups is 8. The minimum atomic E-state index is -2.36. The maximum absolute atomic E-state index is 14.2. The number of phenols is 1. The highest BCUT2D eigenvalue weighted by atomic mass is 16.3. The Morgan fingerprint density at radius 3 is 1.97 bits per heavy atom. The predicted octanol–water partition coefficient (Wildman–Crippen LogP) is -8.51. The van der Waals surface area contributed by atoms with E-state index in [0.29, 0.717) is 4.90 Å². The highest BCUT2D eigenvalue weighted by Gasteiger charge is 2.49. The Morgan fingerprint density at radius 1 is 0.787 bits per heavy atom. The topological polar surface area (TPSA) is 411 Å². The first-order valence-electron chi connectivity index (χ1n) is 19.1. The molecule has 14 atom stereocenters. The second kappa shape index (κ2) is 20.3. The summed E-state index contributed by atoms with van der Waals surface area (Å²) in [7, 11) is 0. The predicted molar refractivity (Wildman–Crippen MR) is 201 cm³/mol. The Labute approximate surface area is 346 Å². The number of rotatable bonds is 8. The SMILES string of the molecule is CC(=O)N[C@H]1C[C@@H](O)[C@@H](O)NC(=O)[C@@H]2[C@@H](O)CCN2C(=O)[C@H]([C@H](O)CC(N)=O)NC(=O)[C@H]([C@H](O)[C@@H](O)c2ccc(O)cc2)NC(=O)[C@@H]2C[C@@H](O)CN2C(=O)[C@H]([C@@H](C)O)NC1=O. The van der Waals surface area contributed by atoms with Crippen LogP contribution in [0.2, 0.25) is 0 Å². The van der Waals surface area contributed by atoms with Gasteiger partial charge in [0.15, 0.2) is 6.23 Å². The zero-order valence-electron chi connectivity index (χ0n) is 32.9. The maximum atomic E-state index is 14.2. The summed E-state index contributed by atoms with van der Waals surface area (Å²) in [5, 5.41) is 108. The molecule has 4 rings (SSSR count). The van der Waals surface area contributed by atoms with Gasteiger partial charge in [-0.25, -0.2) is 0 Å². The quantitative estimate of drug-likeness (QED) is 0.115. The van der Waals surface area contributed by atoms with Crippen molar-refractivity contribution in [3.05, 3.63) is 29.8 Å². The van der Waals surface area contributed by atoms with Crippen LogP contribution in [0.5, 0.6) is 5.75 Å². The average molecular weight is 869 g/mol. The number of nitrogens with zero attached hydrogens (tertiary/aromatic N) is 2. The number of benzene rings is 1. The normalized spacial score (nSPS) is 31.8. The molecule has 1 aromatic carbocycles. The van der Waals surface area contributed by atoms with Gasteiger partial charge >= 0.3 is 0 Å². The molecule has 8 amide bonds. The fourth-order valence-corrected chi connectivity index (χ4v) is 7.32. The van der Waals surface area contributed by atoms with Gasteiger partial charge in [-0.15, -0.1) is 0 Å². The number of nitrogens with two attached hydrogens (primary N) is 1. The Hall–Kier alpha value is -5.54. The zero-order valence-corrected chi connectivity index (χ0v) is 32.9. The number of nitrogens with one attached hydrogen (secondary N) is 5. The van der Waals surface area contributed by atoms with Crippen molar-refractivity contribution in [2.75, 3.05) is 13.1 Å². The lowest BCUT2D eigenvalue weighted by atomic mass is 9.96. The van der Waals surface area contributed by atoms with E-state index in [9.17, 15) is 84.3 Å². The summed E-state index contributed by atoms with van der Waals surface area (Å²) in [6, 6.07) is -7.39. The van der Waals surface area contributed by atoms with Gasteiger partial charge in [0.1, 0.15) is 60.3 Å². The van der Waals surface area contributed by atoms with Crippen molar-refractivity contribution in [3.8, 4) is 5.75 Å². The van der Waals surface area contributed by atoms with E-state index in [1.807, 2.05) is 5.32 Å². The highest BCUT2D eigenvalue weighted by molar-refractivity contribution is 5.98. The summed E-state index contributed by atoms with van der Waals surface area (Å²) in [6.45, 7) is 1.01. The van der Waals surface area contributed by atoms with Gasteiger partial charge in [0.2, 0.25) is 47.3 Å². The van der Waals surface area contributed by atoms with Gasteiger partial charge < -0.3 is 88.1 Å².